The normalized spacial score (nSPS) is 27.6. The van der Waals surface area contributed by atoms with Gasteiger partial charge in [0.15, 0.2) is 0 Å². The summed E-state index contributed by atoms with van der Waals surface area (Å²) in [4.78, 5) is 36.8. The molecule has 31 heavy (non-hydrogen) atoms. The lowest BCUT2D eigenvalue weighted by Crippen LogP contribution is -2.42. The third-order valence-corrected chi connectivity index (χ3v) is 7.41. The molecule has 1 amide bonds. The van der Waals surface area contributed by atoms with E-state index in [0.717, 1.165) is 25.0 Å². The van der Waals surface area contributed by atoms with E-state index in [1.165, 1.54) is 49.8 Å². The number of benzene rings is 1. The molecule has 2 saturated heterocycles. The minimum Gasteiger partial charge on any atom is -0.478 e. The van der Waals surface area contributed by atoms with E-state index in [0.29, 0.717) is 29.4 Å². The van der Waals surface area contributed by atoms with E-state index < -0.39 is 11.9 Å². The van der Waals surface area contributed by atoms with Crippen LogP contribution in [0.2, 0.25) is 0 Å². The summed E-state index contributed by atoms with van der Waals surface area (Å²) < 4.78 is 0. The van der Waals surface area contributed by atoms with Crippen LogP contribution < -0.4 is 4.90 Å². The Bertz CT molecular complexity index is 877. The lowest BCUT2D eigenvalue weighted by molar-refractivity contribution is -0.134. The zero-order valence-corrected chi connectivity index (χ0v) is 17.9. The number of rotatable bonds is 4. The fourth-order valence-corrected chi connectivity index (χ4v) is 5.62. The Kier molecular flexibility index (Phi) is 5.88. The molecule has 1 saturated carbocycles. The summed E-state index contributed by atoms with van der Waals surface area (Å²) in [5, 5.41) is 15.6. The van der Waals surface area contributed by atoms with Crippen molar-refractivity contribution in [2.75, 3.05) is 18.5 Å². The number of amides is 1. The summed E-state index contributed by atoms with van der Waals surface area (Å²) in [7, 11) is 2.27. The van der Waals surface area contributed by atoms with Crippen LogP contribution in [0.4, 0.5) is 5.69 Å². The molecule has 7 heteroatoms. The minimum atomic E-state index is -1.26. The average molecular weight is 427 g/mol. The van der Waals surface area contributed by atoms with Crippen molar-refractivity contribution >= 4 is 23.5 Å². The summed E-state index contributed by atoms with van der Waals surface area (Å²) in [6.45, 7) is 0.935. The highest BCUT2D eigenvalue weighted by atomic mass is 16.4. The Hall–Kier alpha value is -2.67. The number of carboxylic acid groups (broad SMARTS) is 2. The van der Waals surface area contributed by atoms with Gasteiger partial charge in [0.05, 0.1) is 0 Å². The number of aliphatic carboxylic acids is 2. The SMILES string of the molecule is CN1C2CCC1CC(CC(=O)N1CC3(CC3)c3ccccc31)C2.O=C(O)/C=C\C(=O)O. The molecule has 2 N–H and O–H groups in total. The Morgan fingerprint density at radius 1 is 1.03 bits per heavy atom. The molecule has 1 aliphatic carbocycles. The van der Waals surface area contributed by atoms with E-state index >= 15 is 0 Å². The van der Waals surface area contributed by atoms with E-state index in [2.05, 4.69) is 41.1 Å². The van der Waals surface area contributed by atoms with Gasteiger partial charge in [-0.15, -0.1) is 0 Å². The van der Waals surface area contributed by atoms with Crippen LogP contribution in [-0.2, 0) is 19.8 Å². The molecule has 0 aromatic heterocycles. The number of carbonyl (C=O) groups is 3. The molecule has 1 aromatic carbocycles. The molecule has 4 aliphatic rings. The predicted octanol–water partition coefficient (Wildman–Crippen LogP) is 3.04. The van der Waals surface area contributed by atoms with E-state index in [1.807, 2.05) is 0 Å². The third-order valence-electron chi connectivity index (χ3n) is 7.41. The second-order valence-corrected chi connectivity index (χ2v) is 9.38. The van der Waals surface area contributed by atoms with Gasteiger partial charge in [0.2, 0.25) is 5.91 Å². The number of carbonyl (C=O) groups excluding carboxylic acids is 1. The van der Waals surface area contributed by atoms with Gasteiger partial charge in [-0.25, -0.2) is 9.59 Å². The number of fused-ring (bicyclic) bond motifs is 4. The maximum absolute atomic E-state index is 13.0. The van der Waals surface area contributed by atoms with Crippen molar-refractivity contribution in [3.05, 3.63) is 42.0 Å². The van der Waals surface area contributed by atoms with Gasteiger partial charge in [-0.05, 0) is 63.1 Å². The molecule has 5 rings (SSSR count). The zero-order chi connectivity index (χ0) is 22.2. The van der Waals surface area contributed by atoms with Gasteiger partial charge >= 0.3 is 11.9 Å². The maximum atomic E-state index is 13.0. The lowest BCUT2D eigenvalue weighted by Gasteiger charge is -2.36. The summed E-state index contributed by atoms with van der Waals surface area (Å²) in [5.74, 6) is -1.55. The average Bonchev–Trinajstić information content (AvgIpc) is 3.40. The summed E-state index contributed by atoms with van der Waals surface area (Å²) in [6.07, 6.45) is 9.50. The second kappa shape index (κ2) is 8.46. The van der Waals surface area contributed by atoms with Gasteiger partial charge < -0.3 is 20.0 Å². The number of nitrogens with zero attached hydrogens (tertiary/aromatic N) is 2. The largest absolute Gasteiger partial charge is 0.478 e. The molecular weight excluding hydrogens is 396 g/mol. The van der Waals surface area contributed by atoms with Crippen molar-refractivity contribution in [1.29, 1.82) is 0 Å². The molecule has 2 bridgehead atoms. The Morgan fingerprint density at radius 3 is 2.16 bits per heavy atom. The van der Waals surface area contributed by atoms with E-state index in [9.17, 15) is 14.4 Å². The Morgan fingerprint density at radius 2 is 1.61 bits per heavy atom. The minimum absolute atomic E-state index is 0.318. The van der Waals surface area contributed by atoms with E-state index in [1.54, 1.807) is 0 Å². The van der Waals surface area contributed by atoms with Crippen molar-refractivity contribution < 1.29 is 24.6 Å². The number of carboxylic acids is 2. The number of hydrogen-bond acceptors (Lipinski definition) is 4. The van der Waals surface area contributed by atoms with Crippen LogP contribution in [0.15, 0.2) is 36.4 Å². The molecule has 3 fully saturated rings. The van der Waals surface area contributed by atoms with Crippen LogP contribution in [0.3, 0.4) is 0 Å². The summed E-state index contributed by atoms with van der Waals surface area (Å²) in [5.41, 5.74) is 2.95. The fraction of sp³-hybridized carbons (Fsp3) is 0.542. The first-order chi connectivity index (χ1) is 14.8. The monoisotopic (exact) mass is 426 g/mol. The van der Waals surface area contributed by atoms with Gasteiger partial charge in [-0.3, -0.25) is 4.79 Å². The molecule has 3 heterocycles. The highest BCUT2D eigenvalue weighted by molar-refractivity contribution is 5.97. The second-order valence-electron chi connectivity index (χ2n) is 9.38. The molecule has 3 aliphatic heterocycles. The van der Waals surface area contributed by atoms with Crippen molar-refractivity contribution in [3.8, 4) is 0 Å². The Labute approximate surface area is 182 Å². The van der Waals surface area contributed by atoms with Crippen molar-refractivity contribution in [2.45, 2.75) is 62.4 Å². The maximum Gasteiger partial charge on any atom is 0.328 e. The standard InChI is InChI=1S/C20H26N2O.C4H4O4/c1-21-15-6-7-16(21)11-14(10-15)12-19(23)22-13-20(8-9-20)17-4-2-3-5-18(17)22;5-3(6)1-2-4(7)8/h2-5,14-16H,6-13H2,1H3;1-2H,(H,5,6)(H,7,8)/b;2-1-. The van der Waals surface area contributed by atoms with Crippen LogP contribution >= 0.6 is 0 Å². The van der Waals surface area contributed by atoms with E-state index in [-0.39, 0.29) is 0 Å². The van der Waals surface area contributed by atoms with Crippen molar-refractivity contribution in [1.82, 2.24) is 4.90 Å². The zero-order valence-electron chi connectivity index (χ0n) is 17.9. The van der Waals surface area contributed by atoms with Crippen LogP contribution in [0.25, 0.3) is 0 Å². The molecule has 0 radical (unpaired) electrons. The van der Waals surface area contributed by atoms with Crippen molar-refractivity contribution in [2.24, 2.45) is 5.92 Å². The van der Waals surface area contributed by atoms with Gasteiger partial charge in [0.1, 0.15) is 0 Å². The molecule has 2 unspecified atom stereocenters. The first kappa shape index (κ1) is 21.6. The van der Waals surface area contributed by atoms with Crippen molar-refractivity contribution in [3.63, 3.8) is 0 Å². The van der Waals surface area contributed by atoms with Crippen LogP contribution in [0.5, 0.6) is 0 Å². The van der Waals surface area contributed by atoms with Gasteiger partial charge in [-0.2, -0.15) is 0 Å². The first-order valence-corrected chi connectivity index (χ1v) is 11.0. The van der Waals surface area contributed by atoms with Gasteiger partial charge in [0, 0.05) is 48.3 Å². The van der Waals surface area contributed by atoms with Gasteiger partial charge in [0.25, 0.3) is 0 Å². The van der Waals surface area contributed by atoms with Gasteiger partial charge in [-0.1, -0.05) is 18.2 Å². The van der Waals surface area contributed by atoms with Crippen LogP contribution in [-0.4, -0.2) is 58.6 Å². The molecule has 1 aromatic rings. The molecule has 7 nitrogen and oxygen atoms in total. The highest BCUT2D eigenvalue weighted by Crippen LogP contribution is 2.56. The molecule has 166 valence electrons. The number of para-hydroxylation sites is 1. The summed E-state index contributed by atoms with van der Waals surface area (Å²) in [6, 6.07) is 10.1. The number of anilines is 1. The number of piperidine rings is 1. The molecule has 1 spiro atoms. The topological polar surface area (TPSA) is 98.2 Å². The number of hydrogen-bond donors (Lipinski definition) is 2. The van der Waals surface area contributed by atoms with Crippen LogP contribution in [0, 0.1) is 5.92 Å². The molecule has 2 atom stereocenters. The third kappa shape index (κ3) is 4.51. The lowest BCUT2D eigenvalue weighted by atomic mass is 9.88. The summed E-state index contributed by atoms with van der Waals surface area (Å²) >= 11 is 0. The smallest absolute Gasteiger partial charge is 0.328 e. The van der Waals surface area contributed by atoms with E-state index in [4.69, 9.17) is 10.2 Å². The quantitative estimate of drug-likeness (QED) is 0.718. The predicted molar refractivity (Wildman–Crippen MR) is 116 cm³/mol. The highest BCUT2D eigenvalue weighted by Gasteiger charge is 2.53. The molecular formula is C24H30N2O5. The Balaban J connectivity index is 0.000000250. The van der Waals surface area contributed by atoms with Crippen LogP contribution in [0.1, 0.15) is 50.5 Å². The fourth-order valence-electron chi connectivity index (χ4n) is 5.62. The first-order valence-electron chi connectivity index (χ1n) is 11.0.